The van der Waals surface area contributed by atoms with Gasteiger partial charge in [-0.15, -0.1) is 0 Å². The molecule has 9 aromatic rings. The van der Waals surface area contributed by atoms with E-state index in [1.807, 2.05) is 12.1 Å². The Morgan fingerprint density at radius 3 is 1.70 bits per heavy atom. The van der Waals surface area contributed by atoms with Crippen molar-refractivity contribution >= 4 is 43.5 Å². The Morgan fingerprint density at radius 2 is 1.00 bits per heavy atom. The highest BCUT2D eigenvalue weighted by atomic mass is 15.2. The quantitative estimate of drug-likeness (QED) is 0.214. The number of fused-ring (bicyclic) bond motifs is 7. The molecule has 0 unspecified atom stereocenters. The van der Waals surface area contributed by atoms with Crippen LogP contribution in [0.25, 0.3) is 77.6 Å². The van der Waals surface area contributed by atoms with Crippen LogP contribution in [0.4, 0.5) is 0 Å². The van der Waals surface area contributed by atoms with Crippen molar-refractivity contribution in [2.75, 3.05) is 0 Å². The van der Waals surface area contributed by atoms with Gasteiger partial charge in [0.1, 0.15) is 0 Å². The van der Waals surface area contributed by atoms with Crippen molar-refractivity contribution in [3.8, 4) is 34.2 Å². The van der Waals surface area contributed by atoms with Gasteiger partial charge in [-0.05, 0) is 53.2 Å². The monoisotopic (exact) mass is 562 g/mol. The average Bonchev–Trinajstić information content (AvgIpc) is 3.69. The smallest absolute Gasteiger partial charge is 0.235 e. The van der Waals surface area contributed by atoms with E-state index in [1.165, 1.54) is 32.4 Å². The fourth-order valence-electron chi connectivity index (χ4n) is 6.58. The standard InChI is InChI=1S/C40H26N4/c1-4-12-27(13-5-1)34-26-35(28-14-6-2-7-15-28)42-40(41-34)44-37-19-11-10-18-33(37)39-32-21-22-36-31(30(32)20-23-38(39)44)24-25-43(36)29-16-8-3-9-17-29/h1-26H. The Balaban J connectivity index is 1.33. The van der Waals surface area contributed by atoms with Gasteiger partial charge in [-0.1, -0.05) is 109 Å². The molecule has 6 aromatic carbocycles. The van der Waals surface area contributed by atoms with Crippen LogP contribution in [0, 0.1) is 0 Å². The molecule has 0 aliphatic rings. The number of hydrogen-bond acceptors (Lipinski definition) is 2. The van der Waals surface area contributed by atoms with Gasteiger partial charge in [-0.2, -0.15) is 0 Å². The summed E-state index contributed by atoms with van der Waals surface area (Å²) in [6, 6.07) is 53.1. The molecular weight excluding hydrogens is 536 g/mol. The predicted molar refractivity (Wildman–Crippen MR) is 182 cm³/mol. The molecule has 0 radical (unpaired) electrons. The van der Waals surface area contributed by atoms with Crippen molar-refractivity contribution in [2.45, 2.75) is 0 Å². The first kappa shape index (κ1) is 24.6. The van der Waals surface area contributed by atoms with Gasteiger partial charge >= 0.3 is 0 Å². The number of rotatable bonds is 4. The third-order valence-electron chi connectivity index (χ3n) is 8.59. The minimum Gasteiger partial charge on any atom is -0.317 e. The number of aromatic nitrogens is 4. The first-order valence-electron chi connectivity index (χ1n) is 14.9. The lowest BCUT2D eigenvalue weighted by atomic mass is 10.0. The summed E-state index contributed by atoms with van der Waals surface area (Å²) in [5.41, 5.74) is 8.43. The molecule has 44 heavy (non-hydrogen) atoms. The maximum Gasteiger partial charge on any atom is 0.235 e. The average molecular weight is 563 g/mol. The third-order valence-corrected chi connectivity index (χ3v) is 8.59. The lowest BCUT2D eigenvalue weighted by molar-refractivity contribution is 0.996. The van der Waals surface area contributed by atoms with Gasteiger partial charge in [-0.3, -0.25) is 4.57 Å². The first-order chi connectivity index (χ1) is 21.8. The zero-order valence-corrected chi connectivity index (χ0v) is 23.8. The molecule has 0 N–H and O–H groups in total. The van der Waals surface area contributed by atoms with Crippen LogP contribution in [0.3, 0.4) is 0 Å². The number of hydrogen-bond donors (Lipinski definition) is 0. The zero-order valence-electron chi connectivity index (χ0n) is 23.8. The molecule has 0 aliphatic carbocycles. The van der Waals surface area contributed by atoms with E-state index < -0.39 is 0 Å². The molecule has 0 aliphatic heterocycles. The summed E-state index contributed by atoms with van der Waals surface area (Å²) in [4.78, 5) is 10.4. The Hall–Kier alpha value is -6.00. The van der Waals surface area contributed by atoms with E-state index in [9.17, 15) is 0 Å². The van der Waals surface area contributed by atoms with Gasteiger partial charge < -0.3 is 4.57 Å². The lowest BCUT2D eigenvalue weighted by Crippen LogP contribution is -2.04. The molecule has 0 atom stereocenters. The van der Waals surface area contributed by atoms with E-state index in [-0.39, 0.29) is 0 Å². The van der Waals surface area contributed by atoms with E-state index in [1.54, 1.807) is 0 Å². The molecule has 0 saturated heterocycles. The van der Waals surface area contributed by atoms with Crippen molar-refractivity contribution in [2.24, 2.45) is 0 Å². The highest BCUT2D eigenvalue weighted by molar-refractivity contribution is 6.25. The van der Waals surface area contributed by atoms with E-state index in [0.29, 0.717) is 5.95 Å². The Morgan fingerprint density at radius 1 is 0.409 bits per heavy atom. The molecule has 4 heteroatoms. The summed E-state index contributed by atoms with van der Waals surface area (Å²) in [7, 11) is 0. The van der Waals surface area contributed by atoms with Crippen LogP contribution < -0.4 is 0 Å². The second-order valence-electron chi connectivity index (χ2n) is 11.1. The largest absolute Gasteiger partial charge is 0.317 e. The molecule has 3 heterocycles. The number of para-hydroxylation sites is 2. The maximum atomic E-state index is 5.19. The normalized spacial score (nSPS) is 11.6. The third kappa shape index (κ3) is 3.78. The van der Waals surface area contributed by atoms with Gasteiger partial charge in [0.2, 0.25) is 5.95 Å². The van der Waals surface area contributed by atoms with Crippen LogP contribution in [0.5, 0.6) is 0 Å². The topological polar surface area (TPSA) is 35.6 Å². The van der Waals surface area contributed by atoms with Crippen LogP contribution in [0.2, 0.25) is 0 Å². The van der Waals surface area contributed by atoms with Crippen LogP contribution in [-0.4, -0.2) is 19.1 Å². The molecule has 0 fully saturated rings. The highest BCUT2D eigenvalue weighted by Crippen LogP contribution is 2.39. The molecule has 0 saturated carbocycles. The Labute approximate surface area is 254 Å². The summed E-state index contributed by atoms with van der Waals surface area (Å²) in [5.74, 6) is 0.659. The fourth-order valence-corrected chi connectivity index (χ4v) is 6.58. The summed E-state index contributed by atoms with van der Waals surface area (Å²) < 4.78 is 4.48. The molecule has 0 spiro atoms. The van der Waals surface area contributed by atoms with Crippen molar-refractivity contribution in [1.82, 2.24) is 19.1 Å². The fraction of sp³-hybridized carbons (Fsp3) is 0. The molecular formula is C40H26N4. The molecule has 206 valence electrons. The van der Waals surface area contributed by atoms with E-state index in [0.717, 1.165) is 39.2 Å². The minimum atomic E-state index is 0.659. The van der Waals surface area contributed by atoms with Crippen LogP contribution in [0.1, 0.15) is 0 Å². The number of nitrogens with zero attached hydrogens (tertiary/aromatic N) is 4. The summed E-state index contributed by atoms with van der Waals surface area (Å²) in [6.45, 7) is 0. The van der Waals surface area contributed by atoms with Crippen molar-refractivity contribution < 1.29 is 0 Å². The maximum absolute atomic E-state index is 5.19. The van der Waals surface area contributed by atoms with Crippen molar-refractivity contribution in [3.63, 3.8) is 0 Å². The van der Waals surface area contributed by atoms with Crippen molar-refractivity contribution in [1.29, 1.82) is 0 Å². The van der Waals surface area contributed by atoms with Gasteiger partial charge in [0.25, 0.3) is 0 Å². The van der Waals surface area contributed by atoms with Crippen LogP contribution in [0.15, 0.2) is 158 Å². The summed E-state index contributed by atoms with van der Waals surface area (Å²) in [5, 5.41) is 6.08. The van der Waals surface area contributed by atoms with Crippen LogP contribution >= 0.6 is 0 Å². The SMILES string of the molecule is c1ccc(-c2cc(-c3ccccc3)nc(-n3c4ccccc4c4c5ccc6c(ccn6-c6ccccc6)c5ccc43)n2)cc1. The van der Waals surface area contributed by atoms with Crippen LogP contribution in [-0.2, 0) is 0 Å². The highest BCUT2D eigenvalue weighted by Gasteiger charge is 2.19. The molecule has 0 amide bonds. The predicted octanol–water partition coefficient (Wildman–Crippen LogP) is 10.0. The van der Waals surface area contributed by atoms with E-state index in [4.69, 9.17) is 9.97 Å². The van der Waals surface area contributed by atoms with E-state index in [2.05, 4.69) is 155 Å². The summed E-state index contributed by atoms with van der Waals surface area (Å²) >= 11 is 0. The van der Waals surface area contributed by atoms with Gasteiger partial charge in [0.05, 0.1) is 27.9 Å². The zero-order chi connectivity index (χ0) is 29.0. The van der Waals surface area contributed by atoms with Gasteiger partial charge in [-0.25, -0.2) is 9.97 Å². The van der Waals surface area contributed by atoms with Crippen molar-refractivity contribution in [3.05, 3.63) is 158 Å². The molecule has 9 rings (SSSR count). The minimum absolute atomic E-state index is 0.659. The second-order valence-corrected chi connectivity index (χ2v) is 11.1. The molecule has 3 aromatic heterocycles. The molecule has 0 bridgehead atoms. The second kappa shape index (κ2) is 9.79. The first-order valence-corrected chi connectivity index (χ1v) is 14.9. The van der Waals surface area contributed by atoms with Gasteiger partial charge in [0.15, 0.2) is 0 Å². The lowest BCUT2D eigenvalue weighted by Gasteiger charge is -2.12. The van der Waals surface area contributed by atoms with E-state index >= 15 is 0 Å². The summed E-state index contributed by atoms with van der Waals surface area (Å²) in [6.07, 6.45) is 2.17. The number of benzene rings is 6. The van der Waals surface area contributed by atoms with Gasteiger partial charge in [0, 0.05) is 39.2 Å². The molecule has 4 nitrogen and oxygen atoms in total. The Kier molecular flexibility index (Phi) is 5.47. The Bertz CT molecular complexity index is 2420.